The quantitative estimate of drug-likeness (QED) is 0.468. The van der Waals surface area contributed by atoms with E-state index in [4.69, 9.17) is 31.0 Å². The Balaban J connectivity index is 1.47. The number of phenols is 1. The van der Waals surface area contributed by atoms with Crippen LogP contribution in [0.5, 0.6) is 5.75 Å². The molecule has 10 heteroatoms. The number of morpholine rings is 1. The standard InChI is InChI=1S/C28H36ClN5O4/c1-17-6-7-18(2)34(17)23-11-8-19(14-30-23)26-31-24-21(29)9-10-22(35)25(24)33(26)16-20-15-32(12-13-37-20)27(36)38-28(3,4)5/h8-11,14,17-18,20,35H,6-7,12-13,15-16H2,1-5H3/t17-,18-,20-/m0/s1. The molecule has 0 unspecified atom stereocenters. The van der Waals surface area contributed by atoms with Crippen molar-refractivity contribution < 1.29 is 19.4 Å². The lowest BCUT2D eigenvalue weighted by atomic mass is 10.2. The highest BCUT2D eigenvalue weighted by molar-refractivity contribution is 6.35. The molecule has 2 fully saturated rings. The van der Waals surface area contributed by atoms with Crippen molar-refractivity contribution in [2.75, 3.05) is 24.6 Å². The summed E-state index contributed by atoms with van der Waals surface area (Å²) in [6.07, 6.45) is 3.44. The molecule has 9 nitrogen and oxygen atoms in total. The van der Waals surface area contributed by atoms with Crippen molar-refractivity contribution >= 4 is 34.5 Å². The van der Waals surface area contributed by atoms with Gasteiger partial charge in [-0.15, -0.1) is 0 Å². The summed E-state index contributed by atoms with van der Waals surface area (Å²) in [6, 6.07) is 8.13. The zero-order valence-corrected chi connectivity index (χ0v) is 23.4. The number of carbonyl (C=O) groups is 1. The van der Waals surface area contributed by atoms with Crippen molar-refractivity contribution in [2.24, 2.45) is 0 Å². The predicted octanol–water partition coefficient (Wildman–Crippen LogP) is 5.47. The molecular weight excluding hydrogens is 506 g/mol. The minimum atomic E-state index is -0.578. The molecule has 2 aromatic heterocycles. The van der Waals surface area contributed by atoms with E-state index in [1.54, 1.807) is 17.0 Å². The highest BCUT2D eigenvalue weighted by Gasteiger charge is 2.31. The van der Waals surface area contributed by atoms with Crippen molar-refractivity contribution in [3.05, 3.63) is 35.5 Å². The molecule has 5 rings (SSSR count). The average molecular weight is 542 g/mol. The number of anilines is 1. The van der Waals surface area contributed by atoms with Gasteiger partial charge in [0.25, 0.3) is 0 Å². The lowest BCUT2D eigenvalue weighted by Gasteiger charge is -2.34. The summed E-state index contributed by atoms with van der Waals surface area (Å²) < 4.78 is 13.5. The number of imidazole rings is 1. The smallest absolute Gasteiger partial charge is 0.410 e. The second kappa shape index (κ2) is 10.3. The summed E-state index contributed by atoms with van der Waals surface area (Å²) in [6.45, 7) is 11.6. The summed E-state index contributed by atoms with van der Waals surface area (Å²) in [7, 11) is 0. The fourth-order valence-corrected chi connectivity index (χ4v) is 5.63. The van der Waals surface area contributed by atoms with E-state index < -0.39 is 5.60 Å². The minimum absolute atomic E-state index is 0.0762. The lowest BCUT2D eigenvalue weighted by molar-refractivity contribution is -0.0468. The van der Waals surface area contributed by atoms with Gasteiger partial charge >= 0.3 is 6.09 Å². The molecule has 2 aliphatic heterocycles. The number of aromatic nitrogens is 3. The van der Waals surface area contributed by atoms with Gasteiger partial charge in [0.2, 0.25) is 0 Å². The number of fused-ring (bicyclic) bond motifs is 1. The Morgan fingerprint density at radius 2 is 1.92 bits per heavy atom. The van der Waals surface area contributed by atoms with Crippen LogP contribution in [0.15, 0.2) is 30.5 Å². The Labute approximate surface area is 228 Å². The summed E-state index contributed by atoms with van der Waals surface area (Å²) in [5.41, 5.74) is 1.26. The zero-order chi connectivity index (χ0) is 27.2. The second-order valence-corrected chi connectivity index (χ2v) is 11.7. The average Bonchev–Trinajstić information content (AvgIpc) is 3.41. The molecule has 2 aliphatic rings. The molecule has 1 aromatic carbocycles. The number of ether oxygens (including phenoxy) is 2. The van der Waals surface area contributed by atoms with Crippen LogP contribution in [0.3, 0.4) is 0 Å². The van der Waals surface area contributed by atoms with E-state index in [0.29, 0.717) is 60.2 Å². The Kier molecular flexibility index (Phi) is 7.17. The van der Waals surface area contributed by atoms with Gasteiger partial charge in [0.15, 0.2) is 0 Å². The molecule has 0 spiro atoms. The second-order valence-electron chi connectivity index (χ2n) is 11.3. The first kappa shape index (κ1) is 26.6. The maximum atomic E-state index is 12.7. The molecule has 204 valence electrons. The van der Waals surface area contributed by atoms with Crippen LogP contribution in [0.4, 0.5) is 10.6 Å². The highest BCUT2D eigenvalue weighted by atomic mass is 35.5. The van der Waals surface area contributed by atoms with E-state index in [0.717, 1.165) is 24.2 Å². The molecular formula is C28H36ClN5O4. The monoisotopic (exact) mass is 541 g/mol. The normalized spacial score (nSPS) is 22.3. The van der Waals surface area contributed by atoms with E-state index in [1.807, 2.05) is 43.7 Å². The van der Waals surface area contributed by atoms with Gasteiger partial charge in [0.05, 0.1) is 30.8 Å². The third kappa shape index (κ3) is 5.27. The van der Waals surface area contributed by atoms with Gasteiger partial charge < -0.3 is 28.9 Å². The third-order valence-electron chi connectivity index (χ3n) is 7.22. The maximum Gasteiger partial charge on any atom is 0.410 e. The fraction of sp³-hybridized carbons (Fsp3) is 0.536. The van der Waals surface area contributed by atoms with Crippen molar-refractivity contribution in [3.8, 4) is 17.1 Å². The van der Waals surface area contributed by atoms with E-state index >= 15 is 0 Å². The van der Waals surface area contributed by atoms with E-state index in [2.05, 4.69) is 18.7 Å². The molecule has 3 aromatic rings. The summed E-state index contributed by atoms with van der Waals surface area (Å²) in [4.78, 5) is 26.3. The summed E-state index contributed by atoms with van der Waals surface area (Å²) in [5.74, 6) is 1.65. The Morgan fingerprint density at radius 1 is 1.18 bits per heavy atom. The van der Waals surface area contributed by atoms with E-state index in [9.17, 15) is 9.90 Å². The number of pyridine rings is 1. The first-order valence-electron chi connectivity index (χ1n) is 13.2. The third-order valence-corrected chi connectivity index (χ3v) is 7.53. The lowest BCUT2D eigenvalue weighted by Crippen LogP contribution is -2.48. The van der Waals surface area contributed by atoms with Crippen LogP contribution in [0.2, 0.25) is 5.02 Å². The van der Waals surface area contributed by atoms with Gasteiger partial charge in [-0.3, -0.25) is 0 Å². The molecule has 2 saturated heterocycles. The van der Waals surface area contributed by atoms with Crippen molar-refractivity contribution in [1.82, 2.24) is 19.4 Å². The number of hydrogen-bond donors (Lipinski definition) is 1. The van der Waals surface area contributed by atoms with Gasteiger partial charge in [-0.05, 0) is 71.7 Å². The Hall–Kier alpha value is -3.04. The van der Waals surface area contributed by atoms with Crippen LogP contribution in [0.25, 0.3) is 22.4 Å². The van der Waals surface area contributed by atoms with Crippen LogP contribution in [0.1, 0.15) is 47.5 Å². The summed E-state index contributed by atoms with van der Waals surface area (Å²) in [5, 5.41) is 11.3. The molecule has 1 amide bonds. The molecule has 0 aliphatic carbocycles. The topological polar surface area (TPSA) is 93.0 Å². The largest absolute Gasteiger partial charge is 0.506 e. The van der Waals surface area contributed by atoms with E-state index in [1.165, 1.54) is 0 Å². The Morgan fingerprint density at radius 3 is 2.58 bits per heavy atom. The molecule has 38 heavy (non-hydrogen) atoms. The van der Waals surface area contributed by atoms with Crippen LogP contribution >= 0.6 is 11.6 Å². The number of hydrogen-bond acceptors (Lipinski definition) is 7. The molecule has 1 N–H and O–H groups in total. The number of nitrogens with zero attached hydrogens (tertiary/aromatic N) is 5. The number of phenolic OH excluding ortho intramolecular Hbond substituents is 1. The minimum Gasteiger partial charge on any atom is -0.506 e. The fourth-order valence-electron chi connectivity index (χ4n) is 5.43. The van der Waals surface area contributed by atoms with Gasteiger partial charge in [0.1, 0.15) is 34.0 Å². The maximum absolute atomic E-state index is 12.7. The molecule has 3 atom stereocenters. The van der Waals surface area contributed by atoms with Crippen LogP contribution in [-0.2, 0) is 16.0 Å². The summed E-state index contributed by atoms with van der Waals surface area (Å²) >= 11 is 6.50. The molecule has 0 saturated carbocycles. The SMILES string of the molecule is C[C@H]1CC[C@H](C)N1c1ccc(-c2nc3c(Cl)ccc(O)c3n2C[C@@H]2CN(C(=O)OC(C)(C)C)CCO2)cn1. The number of rotatable bonds is 4. The number of carbonyl (C=O) groups excluding carboxylic acids is 1. The molecule has 0 radical (unpaired) electrons. The Bertz CT molecular complexity index is 1310. The number of benzene rings is 1. The van der Waals surface area contributed by atoms with E-state index in [-0.39, 0.29) is 17.9 Å². The first-order chi connectivity index (χ1) is 18.0. The molecule has 0 bridgehead atoms. The van der Waals surface area contributed by atoms with Gasteiger partial charge in [-0.1, -0.05) is 11.6 Å². The van der Waals surface area contributed by atoms with Crippen molar-refractivity contribution in [1.29, 1.82) is 0 Å². The van der Waals surface area contributed by atoms with Crippen LogP contribution in [-0.4, -0.2) is 74.1 Å². The first-order valence-corrected chi connectivity index (χ1v) is 13.6. The van der Waals surface area contributed by atoms with Gasteiger partial charge in [-0.2, -0.15) is 0 Å². The zero-order valence-electron chi connectivity index (χ0n) is 22.6. The predicted molar refractivity (Wildman–Crippen MR) is 148 cm³/mol. The van der Waals surface area contributed by atoms with Crippen LogP contribution < -0.4 is 4.90 Å². The van der Waals surface area contributed by atoms with Crippen molar-refractivity contribution in [2.45, 2.75) is 77.8 Å². The van der Waals surface area contributed by atoms with Crippen molar-refractivity contribution in [3.63, 3.8) is 0 Å². The number of halogens is 1. The van der Waals surface area contributed by atoms with Gasteiger partial charge in [-0.25, -0.2) is 14.8 Å². The van der Waals surface area contributed by atoms with Gasteiger partial charge in [0, 0.05) is 30.4 Å². The molecule has 4 heterocycles. The highest BCUT2D eigenvalue weighted by Crippen LogP contribution is 2.36. The number of aromatic hydroxyl groups is 1. The van der Waals surface area contributed by atoms with Crippen LogP contribution in [0, 0.1) is 0 Å². The number of amides is 1.